The topological polar surface area (TPSA) is 114 Å². The fraction of sp³-hybridized carbons (Fsp3) is 0.364. The van der Waals surface area contributed by atoms with Crippen molar-refractivity contribution in [2.45, 2.75) is 18.2 Å². The van der Waals surface area contributed by atoms with Crippen LogP contribution in [0.1, 0.15) is 23.7 Å². The van der Waals surface area contributed by atoms with Crippen molar-refractivity contribution in [3.8, 4) is 5.75 Å². The number of ether oxygens (including phenoxy) is 2. The van der Waals surface area contributed by atoms with Gasteiger partial charge in [0.25, 0.3) is 15.9 Å². The summed E-state index contributed by atoms with van der Waals surface area (Å²) < 4.78 is 37.8. The number of likely N-dealkylation sites (N-methyl/N-ethyl adjacent to an activating group) is 1. The fourth-order valence-electron chi connectivity index (χ4n) is 2.78. The number of amides is 2. The average molecular weight is 464 g/mol. The molecule has 32 heavy (non-hydrogen) atoms. The Morgan fingerprint density at radius 2 is 1.69 bits per heavy atom. The van der Waals surface area contributed by atoms with Gasteiger partial charge in [-0.15, -0.1) is 0 Å². The maximum Gasteiger partial charge on any atom is 0.261 e. The third kappa shape index (κ3) is 7.54. The number of carbonyl (C=O) groups excluding carboxylic acids is 2. The summed E-state index contributed by atoms with van der Waals surface area (Å²) in [5.74, 6) is -0.0308. The molecule has 0 aliphatic heterocycles. The molecule has 0 fully saturated rings. The van der Waals surface area contributed by atoms with Gasteiger partial charge in [-0.1, -0.05) is 0 Å². The Balaban J connectivity index is 1.95. The molecule has 9 nitrogen and oxygen atoms in total. The highest BCUT2D eigenvalue weighted by Gasteiger charge is 2.17. The van der Waals surface area contributed by atoms with Crippen LogP contribution in [0.3, 0.4) is 0 Å². The van der Waals surface area contributed by atoms with Crippen LogP contribution in [0.15, 0.2) is 53.4 Å². The Morgan fingerprint density at radius 3 is 2.28 bits per heavy atom. The van der Waals surface area contributed by atoms with E-state index in [9.17, 15) is 18.0 Å². The van der Waals surface area contributed by atoms with Gasteiger partial charge < -0.3 is 19.7 Å². The first kappa shape index (κ1) is 25.2. The lowest BCUT2D eigenvalue weighted by Gasteiger charge is -2.17. The summed E-state index contributed by atoms with van der Waals surface area (Å²) in [6.07, 6.45) is 0.688. The van der Waals surface area contributed by atoms with Gasteiger partial charge in [0.15, 0.2) is 0 Å². The largest absolute Gasteiger partial charge is 0.494 e. The first-order valence-corrected chi connectivity index (χ1v) is 11.6. The molecule has 0 unspecified atom stereocenters. The predicted octanol–water partition coefficient (Wildman–Crippen LogP) is 2.11. The number of nitrogens with zero attached hydrogens (tertiary/aromatic N) is 1. The summed E-state index contributed by atoms with van der Waals surface area (Å²) in [6.45, 7) is 3.26. The molecule has 0 spiro atoms. The highest BCUT2D eigenvalue weighted by atomic mass is 32.2. The van der Waals surface area contributed by atoms with Crippen LogP contribution < -0.4 is 14.8 Å². The number of carbonyl (C=O) groups is 2. The zero-order valence-electron chi connectivity index (χ0n) is 18.5. The van der Waals surface area contributed by atoms with Gasteiger partial charge in [0.1, 0.15) is 5.75 Å². The minimum absolute atomic E-state index is 0.0854. The average Bonchev–Trinajstić information content (AvgIpc) is 2.77. The van der Waals surface area contributed by atoms with Crippen LogP contribution in [0.25, 0.3) is 0 Å². The molecule has 0 atom stereocenters. The minimum Gasteiger partial charge on any atom is -0.494 e. The van der Waals surface area contributed by atoms with E-state index in [4.69, 9.17) is 9.47 Å². The second-order valence-corrected chi connectivity index (χ2v) is 8.63. The first-order chi connectivity index (χ1) is 15.3. The van der Waals surface area contributed by atoms with E-state index in [-0.39, 0.29) is 23.3 Å². The molecule has 0 aliphatic rings. The summed E-state index contributed by atoms with van der Waals surface area (Å²) in [4.78, 5) is 25.9. The predicted molar refractivity (Wildman–Crippen MR) is 121 cm³/mol. The SMILES string of the molecule is CCOc1ccc(S(=O)(=O)Nc2ccc(C(=O)N(C)CC(=O)NCCCOC)cc2)cc1. The summed E-state index contributed by atoms with van der Waals surface area (Å²) in [6, 6.07) is 12.1. The van der Waals surface area contributed by atoms with Gasteiger partial charge in [0.05, 0.1) is 18.0 Å². The summed E-state index contributed by atoms with van der Waals surface area (Å²) in [5.41, 5.74) is 0.651. The van der Waals surface area contributed by atoms with Crippen molar-refractivity contribution in [2.75, 3.05) is 45.2 Å². The smallest absolute Gasteiger partial charge is 0.261 e. The number of benzene rings is 2. The lowest BCUT2D eigenvalue weighted by atomic mass is 10.2. The standard InChI is InChI=1S/C22H29N3O6S/c1-4-31-19-10-12-20(13-11-19)32(28,29)24-18-8-6-17(7-9-18)22(27)25(2)16-21(26)23-14-5-15-30-3/h6-13,24H,4-5,14-16H2,1-3H3,(H,23,26). The fourth-order valence-corrected chi connectivity index (χ4v) is 3.84. The molecule has 2 rings (SSSR count). The molecule has 0 saturated carbocycles. The molecule has 0 heterocycles. The minimum atomic E-state index is -3.79. The molecule has 2 amide bonds. The number of methoxy groups -OCH3 is 1. The summed E-state index contributed by atoms with van der Waals surface area (Å²) in [7, 11) is -0.671. The monoisotopic (exact) mass is 463 g/mol. The van der Waals surface area contributed by atoms with Gasteiger partial charge in [-0.2, -0.15) is 0 Å². The lowest BCUT2D eigenvalue weighted by Crippen LogP contribution is -2.38. The van der Waals surface area contributed by atoms with Crippen LogP contribution in [0.2, 0.25) is 0 Å². The maximum absolute atomic E-state index is 12.6. The van der Waals surface area contributed by atoms with Gasteiger partial charge in [-0.05, 0) is 61.9 Å². The Labute approximate surface area is 188 Å². The van der Waals surface area contributed by atoms with E-state index in [0.717, 1.165) is 0 Å². The molecular weight excluding hydrogens is 434 g/mol. The van der Waals surface area contributed by atoms with E-state index in [1.54, 1.807) is 19.2 Å². The quantitative estimate of drug-likeness (QED) is 0.466. The number of sulfonamides is 1. The van der Waals surface area contributed by atoms with Crippen molar-refractivity contribution in [2.24, 2.45) is 0 Å². The van der Waals surface area contributed by atoms with Crippen molar-refractivity contribution in [1.29, 1.82) is 0 Å². The second kappa shape index (κ2) is 12.1. The van der Waals surface area contributed by atoms with E-state index >= 15 is 0 Å². The van der Waals surface area contributed by atoms with Crippen molar-refractivity contribution in [3.05, 3.63) is 54.1 Å². The molecule has 0 aromatic heterocycles. The van der Waals surface area contributed by atoms with Crippen molar-refractivity contribution < 1.29 is 27.5 Å². The van der Waals surface area contributed by atoms with Crippen LogP contribution in [0.4, 0.5) is 5.69 Å². The van der Waals surface area contributed by atoms with Crippen LogP contribution in [0, 0.1) is 0 Å². The van der Waals surface area contributed by atoms with E-state index in [1.165, 1.54) is 48.3 Å². The molecule has 10 heteroatoms. The highest BCUT2D eigenvalue weighted by Crippen LogP contribution is 2.20. The van der Waals surface area contributed by atoms with E-state index in [1.807, 2.05) is 6.92 Å². The van der Waals surface area contributed by atoms with E-state index < -0.39 is 10.0 Å². The second-order valence-electron chi connectivity index (χ2n) is 6.94. The summed E-state index contributed by atoms with van der Waals surface area (Å²) in [5, 5.41) is 2.72. The van der Waals surface area contributed by atoms with E-state index in [0.29, 0.717) is 43.2 Å². The van der Waals surface area contributed by atoms with Crippen LogP contribution in [-0.4, -0.2) is 65.6 Å². The maximum atomic E-state index is 12.6. The number of rotatable bonds is 12. The Kier molecular flexibility index (Phi) is 9.48. The zero-order valence-corrected chi connectivity index (χ0v) is 19.3. The Bertz CT molecular complexity index is 991. The lowest BCUT2D eigenvalue weighted by molar-refractivity contribution is -0.121. The molecule has 0 radical (unpaired) electrons. The van der Waals surface area contributed by atoms with Crippen LogP contribution in [0.5, 0.6) is 5.75 Å². The van der Waals surface area contributed by atoms with Gasteiger partial charge in [0, 0.05) is 38.6 Å². The molecule has 2 aromatic rings. The van der Waals surface area contributed by atoms with Crippen molar-refractivity contribution in [1.82, 2.24) is 10.2 Å². The number of hydrogen-bond donors (Lipinski definition) is 2. The molecular formula is C22H29N3O6S. The summed E-state index contributed by atoms with van der Waals surface area (Å²) >= 11 is 0. The third-order valence-corrected chi connectivity index (χ3v) is 5.80. The first-order valence-electron chi connectivity index (χ1n) is 10.1. The van der Waals surface area contributed by atoms with Crippen LogP contribution in [-0.2, 0) is 19.6 Å². The number of anilines is 1. The number of nitrogens with one attached hydrogen (secondary N) is 2. The Hall–Kier alpha value is -3.11. The highest BCUT2D eigenvalue weighted by molar-refractivity contribution is 7.92. The van der Waals surface area contributed by atoms with Crippen molar-refractivity contribution >= 4 is 27.5 Å². The van der Waals surface area contributed by atoms with E-state index in [2.05, 4.69) is 10.0 Å². The molecule has 174 valence electrons. The number of hydrogen-bond acceptors (Lipinski definition) is 6. The molecule has 0 bridgehead atoms. The van der Waals surface area contributed by atoms with Gasteiger partial charge in [0.2, 0.25) is 5.91 Å². The molecule has 2 aromatic carbocycles. The van der Waals surface area contributed by atoms with Gasteiger partial charge >= 0.3 is 0 Å². The van der Waals surface area contributed by atoms with Gasteiger partial charge in [-0.3, -0.25) is 14.3 Å². The Morgan fingerprint density at radius 1 is 1.03 bits per heavy atom. The third-order valence-electron chi connectivity index (χ3n) is 4.40. The zero-order chi connectivity index (χ0) is 23.6. The molecule has 2 N–H and O–H groups in total. The van der Waals surface area contributed by atoms with Gasteiger partial charge in [-0.25, -0.2) is 8.42 Å². The normalized spacial score (nSPS) is 11.0. The molecule has 0 aliphatic carbocycles. The van der Waals surface area contributed by atoms with Crippen molar-refractivity contribution in [3.63, 3.8) is 0 Å². The molecule has 0 saturated heterocycles. The van der Waals surface area contributed by atoms with Crippen LogP contribution >= 0.6 is 0 Å².